The van der Waals surface area contributed by atoms with Crippen molar-refractivity contribution in [1.82, 2.24) is 0 Å². The van der Waals surface area contributed by atoms with Crippen molar-refractivity contribution in [3.63, 3.8) is 0 Å². The number of hydrogen-bond donors (Lipinski definition) is 1. The van der Waals surface area contributed by atoms with Gasteiger partial charge in [0.05, 0.1) is 5.60 Å². The maximum absolute atomic E-state index is 11.6. The summed E-state index contributed by atoms with van der Waals surface area (Å²) < 4.78 is 0. The Kier molecular flexibility index (Phi) is 3.36. The van der Waals surface area contributed by atoms with E-state index in [2.05, 4.69) is 6.92 Å². The maximum Gasteiger partial charge on any atom is 0.155 e. The van der Waals surface area contributed by atoms with E-state index in [1.165, 1.54) is 18.4 Å². The van der Waals surface area contributed by atoms with Crippen LogP contribution >= 0.6 is 0 Å². The summed E-state index contributed by atoms with van der Waals surface area (Å²) in [7, 11) is 0. The van der Waals surface area contributed by atoms with Gasteiger partial charge in [-0.25, -0.2) is 0 Å². The number of allylic oxidation sites excluding steroid dienone is 2. The molecule has 2 nitrogen and oxygen atoms in total. The van der Waals surface area contributed by atoms with Crippen molar-refractivity contribution in [1.29, 1.82) is 0 Å². The normalized spacial score (nSPS) is 41.7. The lowest BCUT2D eigenvalue weighted by molar-refractivity contribution is -0.116. The molecule has 0 amide bonds. The van der Waals surface area contributed by atoms with Crippen LogP contribution in [0.1, 0.15) is 65.7 Å². The van der Waals surface area contributed by atoms with Gasteiger partial charge in [-0.1, -0.05) is 12.5 Å². The highest BCUT2D eigenvalue weighted by Gasteiger charge is 2.49. The van der Waals surface area contributed by atoms with E-state index in [4.69, 9.17) is 0 Å². The van der Waals surface area contributed by atoms with Crippen LogP contribution < -0.4 is 0 Å². The van der Waals surface area contributed by atoms with Crippen LogP contribution in [0.4, 0.5) is 0 Å². The lowest BCUT2D eigenvalue weighted by atomic mass is 9.53. The molecule has 0 saturated heterocycles. The van der Waals surface area contributed by atoms with Crippen LogP contribution in [0.15, 0.2) is 11.6 Å². The van der Waals surface area contributed by atoms with Crippen molar-refractivity contribution >= 4 is 5.78 Å². The van der Waals surface area contributed by atoms with Crippen molar-refractivity contribution < 1.29 is 9.90 Å². The summed E-state index contributed by atoms with van der Waals surface area (Å²) in [5.41, 5.74) is 0.908. The first-order valence-corrected chi connectivity index (χ1v) is 8.26. The molecule has 0 heterocycles. The average Bonchev–Trinajstić information content (AvgIpc) is 2.36. The molecule has 2 heteroatoms. The second kappa shape index (κ2) is 4.69. The molecular weight excluding hydrogens is 248 g/mol. The summed E-state index contributed by atoms with van der Waals surface area (Å²) in [6.07, 6.45) is 9.60. The fraction of sp³-hybridized carbons (Fsp3) is 0.833. The number of rotatable bonds is 1. The van der Waals surface area contributed by atoms with E-state index in [-0.39, 0.29) is 5.41 Å². The zero-order valence-electron chi connectivity index (χ0n) is 13.1. The Morgan fingerprint density at radius 3 is 2.70 bits per heavy atom. The van der Waals surface area contributed by atoms with Crippen LogP contribution in [0.3, 0.4) is 0 Å². The minimum absolute atomic E-state index is 0.0554. The number of carbonyl (C=O) groups excluding carboxylic acids is 1. The molecular formula is C18H28O2. The predicted molar refractivity (Wildman–Crippen MR) is 80.3 cm³/mol. The highest BCUT2D eigenvalue weighted by atomic mass is 16.3. The van der Waals surface area contributed by atoms with Gasteiger partial charge in [0.25, 0.3) is 0 Å². The van der Waals surface area contributed by atoms with Gasteiger partial charge in [-0.05, 0) is 81.6 Å². The molecule has 1 N–H and O–H groups in total. The standard InChI is InChI=1S/C18H28O2/c1-17(2,20)18(3)9-8-16-13(11-18)5-4-12-10-14(19)6-7-15(12)16/h10,13,15-16,20H,4-9,11H2,1-3H3/t13?,15-,16?,18?/m0/s1. The molecule has 0 bridgehead atoms. The third-order valence-corrected chi connectivity index (χ3v) is 6.67. The molecule has 3 unspecified atom stereocenters. The smallest absolute Gasteiger partial charge is 0.155 e. The van der Waals surface area contributed by atoms with Gasteiger partial charge in [-0.3, -0.25) is 4.79 Å². The monoisotopic (exact) mass is 276 g/mol. The molecule has 3 rings (SSSR count). The molecule has 0 aliphatic heterocycles. The number of carbonyl (C=O) groups is 1. The summed E-state index contributed by atoms with van der Waals surface area (Å²) in [4.78, 5) is 11.6. The summed E-state index contributed by atoms with van der Waals surface area (Å²) in [6.45, 7) is 6.21. The molecule has 0 aromatic heterocycles. The number of hydrogen-bond acceptors (Lipinski definition) is 2. The molecule has 20 heavy (non-hydrogen) atoms. The highest BCUT2D eigenvalue weighted by molar-refractivity contribution is 5.91. The van der Waals surface area contributed by atoms with Crippen LogP contribution in [0.25, 0.3) is 0 Å². The number of ketones is 1. The van der Waals surface area contributed by atoms with Crippen molar-refractivity contribution in [2.24, 2.45) is 23.2 Å². The lowest BCUT2D eigenvalue weighted by Gasteiger charge is -2.53. The van der Waals surface area contributed by atoms with Gasteiger partial charge in [0.2, 0.25) is 0 Å². The highest BCUT2D eigenvalue weighted by Crippen LogP contribution is 2.56. The Labute approximate surface area is 122 Å². The third kappa shape index (κ3) is 2.26. The predicted octanol–water partition coefficient (Wildman–Crippen LogP) is 3.88. The fourth-order valence-corrected chi connectivity index (χ4v) is 4.92. The van der Waals surface area contributed by atoms with Gasteiger partial charge in [0, 0.05) is 6.42 Å². The first kappa shape index (κ1) is 14.3. The topological polar surface area (TPSA) is 37.3 Å². The van der Waals surface area contributed by atoms with Crippen molar-refractivity contribution in [2.45, 2.75) is 71.3 Å². The Balaban J connectivity index is 1.79. The van der Waals surface area contributed by atoms with Gasteiger partial charge >= 0.3 is 0 Å². The van der Waals surface area contributed by atoms with E-state index in [9.17, 15) is 9.90 Å². The largest absolute Gasteiger partial charge is 0.390 e. The van der Waals surface area contributed by atoms with Crippen LogP contribution in [0.2, 0.25) is 0 Å². The van der Waals surface area contributed by atoms with Crippen LogP contribution in [-0.2, 0) is 4.79 Å². The Morgan fingerprint density at radius 2 is 2.00 bits per heavy atom. The lowest BCUT2D eigenvalue weighted by Crippen LogP contribution is -2.48. The van der Waals surface area contributed by atoms with Crippen LogP contribution in [-0.4, -0.2) is 16.5 Å². The molecule has 2 saturated carbocycles. The molecule has 0 radical (unpaired) electrons. The molecule has 3 aliphatic carbocycles. The Morgan fingerprint density at radius 1 is 1.25 bits per heavy atom. The quantitative estimate of drug-likeness (QED) is 0.789. The minimum atomic E-state index is -0.587. The van der Waals surface area contributed by atoms with E-state index < -0.39 is 5.60 Å². The first-order valence-electron chi connectivity index (χ1n) is 8.26. The molecule has 112 valence electrons. The second-order valence-corrected chi connectivity index (χ2v) is 8.16. The molecule has 3 aliphatic rings. The van der Waals surface area contributed by atoms with E-state index in [0.717, 1.165) is 43.9 Å². The van der Waals surface area contributed by atoms with Gasteiger partial charge in [0.15, 0.2) is 5.78 Å². The average molecular weight is 276 g/mol. The summed E-state index contributed by atoms with van der Waals surface area (Å²) in [5.74, 6) is 2.51. The maximum atomic E-state index is 11.6. The van der Waals surface area contributed by atoms with Gasteiger partial charge in [-0.2, -0.15) is 0 Å². The Bertz CT molecular complexity index is 443. The summed E-state index contributed by atoms with van der Waals surface area (Å²) >= 11 is 0. The van der Waals surface area contributed by atoms with E-state index in [1.807, 2.05) is 19.9 Å². The molecule has 4 atom stereocenters. The minimum Gasteiger partial charge on any atom is -0.390 e. The van der Waals surface area contributed by atoms with E-state index in [0.29, 0.717) is 11.7 Å². The molecule has 0 spiro atoms. The van der Waals surface area contributed by atoms with E-state index >= 15 is 0 Å². The molecule has 2 fully saturated rings. The Hall–Kier alpha value is -0.630. The second-order valence-electron chi connectivity index (χ2n) is 8.16. The first-order chi connectivity index (χ1) is 9.30. The SMILES string of the molecule is CC(C)(O)C1(C)CCC2C(CCC3=CC(=O)CC[C@@H]32)C1. The van der Waals surface area contributed by atoms with E-state index in [1.54, 1.807) is 0 Å². The fourth-order valence-electron chi connectivity index (χ4n) is 4.92. The van der Waals surface area contributed by atoms with Crippen molar-refractivity contribution in [3.8, 4) is 0 Å². The van der Waals surface area contributed by atoms with Gasteiger partial charge in [-0.15, -0.1) is 0 Å². The zero-order chi connectivity index (χ0) is 14.5. The summed E-state index contributed by atoms with van der Waals surface area (Å²) in [5, 5.41) is 10.5. The van der Waals surface area contributed by atoms with Crippen molar-refractivity contribution in [2.75, 3.05) is 0 Å². The van der Waals surface area contributed by atoms with Gasteiger partial charge < -0.3 is 5.11 Å². The molecule has 0 aromatic carbocycles. The number of aliphatic hydroxyl groups is 1. The van der Waals surface area contributed by atoms with Crippen molar-refractivity contribution in [3.05, 3.63) is 11.6 Å². The third-order valence-electron chi connectivity index (χ3n) is 6.67. The molecule has 0 aromatic rings. The van der Waals surface area contributed by atoms with Gasteiger partial charge in [0.1, 0.15) is 0 Å². The zero-order valence-corrected chi connectivity index (χ0v) is 13.1. The number of fused-ring (bicyclic) bond motifs is 3. The van der Waals surface area contributed by atoms with Crippen LogP contribution in [0.5, 0.6) is 0 Å². The van der Waals surface area contributed by atoms with Crippen LogP contribution in [0, 0.1) is 23.2 Å². The summed E-state index contributed by atoms with van der Waals surface area (Å²) in [6, 6.07) is 0.